The molecule has 3 aliphatic carbocycles. The molecule has 0 saturated carbocycles. The van der Waals surface area contributed by atoms with Crippen molar-refractivity contribution in [2.24, 2.45) is 0 Å². The van der Waals surface area contributed by atoms with Crippen molar-refractivity contribution in [3.63, 3.8) is 0 Å². The number of H-pyrrole nitrogens is 1. The largest absolute Gasteiger partial charge is 0.353 e. The maximum atomic E-state index is 4.01. The van der Waals surface area contributed by atoms with Crippen LogP contribution < -0.4 is 0 Å². The minimum Gasteiger partial charge on any atom is -0.353 e. The fraction of sp³-hybridized carbons (Fsp3) is 0.0417. The standard InChI is InChI=1S/C48H29N/c1-2-14-30-29(13-1)25-26-33-34-27-28-43-44(46(34)49-45(30)33)35-17-5-8-20-38(35)48(43)41-23-11-9-21-39(41)47(40-22-10-12-24-42(40)48)36-18-6-3-15-31(36)32-16-4-7-19-37(32)47/h1-28,49H. The zero-order valence-corrected chi connectivity index (χ0v) is 26.7. The Kier molecular flexibility index (Phi) is 4.66. The fourth-order valence-electron chi connectivity index (χ4n) is 10.4. The van der Waals surface area contributed by atoms with Crippen LogP contribution in [0.4, 0.5) is 0 Å². The van der Waals surface area contributed by atoms with Crippen LogP contribution >= 0.6 is 0 Å². The first-order valence-corrected chi connectivity index (χ1v) is 17.3. The van der Waals surface area contributed by atoms with E-state index < -0.39 is 10.8 Å². The first-order chi connectivity index (χ1) is 24.3. The number of aromatic amines is 1. The van der Waals surface area contributed by atoms with Gasteiger partial charge in [0.15, 0.2) is 0 Å². The molecule has 49 heavy (non-hydrogen) atoms. The van der Waals surface area contributed by atoms with Gasteiger partial charge in [-0.15, -0.1) is 0 Å². The van der Waals surface area contributed by atoms with Gasteiger partial charge >= 0.3 is 0 Å². The van der Waals surface area contributed by atoms with Crippen molar-refractivity contribution in [3.05, 3.63) is 214 Å². The number of aromatic nitrogens is 1. The van der Waals surface area contributed by atoms with Gasteiger partial charge in [-0.05, 0) is 66.6 Å². The van der Waals surface area contributed by atoms with Gasteiger partial charge in [0.05, 0.1) is 21.9 Å². The molecule has 3 aliphatic rings. The summed E-state index contributed by atoms with van der Waals surface area (Å²) in [5, 5.41) is 5.07. The van der Waals surface area contributed by atoms with Crippen LogP contribution in [0.3, 0.4) is 0 Å². The van der Waals surface area contributed by atoms with Crippen LogP contribution in [0.15, 0.2) is 170 Å². The van der Waals surface area contributed by atoms with Gasteiger partial charge in [-0.3, -0.25) is 0 Å². The van der Waals surface area contributed by atoms with E-state index in [0.717, 1.165) is 0 Å². The monoisotopic (exact) mass is 619 g/mol. The molecule has 0 saturated heterocycles. The topological polar surface area (TPSA) is 15.8 Å². The third kappa shape index (κ3) is 2.80. The lowest BCUT2D eigenvalue weighted by atomic mass is 9.52. The van der Waals surface area contributed by atoms with Crippen LogP contribution in [0.5, 0.6) is 0 Å². The van der Waals surface area contributed by atoms with Crippen LogP contribution in [0, 0.1) is 0 Å². The Morgan fingerprint density at radius 1 is 0.286 bits per heavy atom. The molecule has 1 aromatic heterocycles. The summed E-state index contributed by atoms with van der Waals surface area (Å²) in [5.41, 5.74) is 17.8. The molecule has 8 aromatic carbocycles. The predicted octanol–water partition coefficient (Wildman–Crippen LogP) is 11.5. The normalized spacial score (nSPS) is 15.3. The molecular weight excluding hydrogens is 591 g/mol. The SMILES string of the molecule is c1ccc2c(c1)-c1ccccc1C21c2ccccc2C2(c3ccccc3-c3c2ccc2c3[nH]c3c4ccccc4ccc23)c2ccccc21. The average molecular weight is 620 g/mol. The molecule has 0 amide bonds. The second kappa shape index (κ2) is 8.83. The Hall–Kier alpha value is -6.18. The Morgan fingerprint density at radius 3 is 1.33 bits per heavy atom. The molecule has 0 atom stereocenters. The minimum atomic E-state index is -0.482. The summed E-state index contributed by atoms with van der Waals surface area (Å²) in [7, 11) is 0. The Labute approximate surface area is 284 Å². The van der Waals surface area contributed by atoms with E-state index >= 15 is 0 Å². The summed E-state index contributed by atoms with van der Waals surface area (Å²) in [6, 6.07) is 64.2. The van der Waals surface area contributed by atoms with Crippen molar-refractivity contribution in [3.8, 4) is 22.3 Å². The summed E-state index contributed by atoms with van der Waals surface area (Å²) in [5.74, 6) is 0. The smallest absolute Gasteiger partial charge is 0.0720 e. The number of hydrogen-bond acceptors (Lipinski definition) is 0. The van der Waals surface area contributed by atoms with E-state index in [9.17, 15) is 0 Å². The third-order valence-electron chi connectivity index (χ3n) is 12.1. The number of rotatable bonds is 0. The van der Waals surface area contributed by atoms with Gasteiger partial charge in [-0.25, -0.2) is 0 Å². The maximum Gasteiger partial charge on any atom is 0.0720 e. The molecule has 0 fully saturated rings. The molecule has 0 radical (unpaired) electrons. The number of benzene rings is 8. The van der Waals surface area contributed by atoms with E-state index in [1.165, 1.54) is 99.3 Å². The molecule has 0 aliphatic heterocycles. The van der Waals surface area contributed by atoms with Crippen LogP contribution in [0.2, 0.25) is 0 Å². The van der Waals surface area contributed by atoms with Gasteiger partial charge in [0.2, 0.25) is 0 Å². The molecule has 226 valence electrons. The van der Waals surface area contributed by atoms with Crippen LogP contribution in [0.1, 0.15) is 44.5 Å². The fourth-order valence-corrected chi connectivity index (χ4v) is 10.4. The van der Waals surface area contributed by atoms with Crippen LogP contribution in [-0.4, -0.2) is 4.98 Å². The van der Waals surface area contributed by atoms with Crippen molar-refractivity contribution in [1.82, 2.24) is 4.98 Å². The average Bonchev–Trinajstić information content (AvgIpc) is 3.80. The number of hydrogen-bond donors (Lipinski definition) is 1. The molecule has 12 rings (SSSR count). The predicted molar refractivity (Wildman–Crippen MR) is 201 cm³/mol. The van der Waals surface area contributed by atoms with Crippen molar-refractivity contribution in [2.45, 2.75) is 10.8 Å². The summed E-state index contributed by atoms with van der Waals surface area (Å²) in [4.78, 5) is 4.01. The Morgan fingerprint density at radius 2 is 0.714 bits per heavy atom. The second-order valence-electron chi connectivity index (χ2n) is 14.0. The van der Waals surface area contributed by atoms with Gasteiger partial charge < -0.3 is 4.98 Å². The lowest BCUT2D eigenvalue weighted by Crippen LogP contribution is -2.43. The first-order valence-electron chi connectivity index (χ1n) is 17.3. The lowest BCUT2D eigenvalue weighted by Gasteiger charge is -2.48. The summed E-state index contributed by atoms with van der Waals surface area (Å²) < 4.78 is 0. The highest BCUT2D eigenvalue weighted by Crippen LogP contribution is 2.67. The van der Waals surface area contributed by atoms with Crippen LogP contribution in [0.25, 0.3) is 54.8 Å². The summed E-state index contributed by atoms with van der Waals surface area (Å²) in [6.07, 6.45) is 0. The Balaban J connectivity index is 1.27. The van der Waals surface area contributed by atoms with Gasteiger partial charge in [0, 0.05) is 21.7 Å². The maximum absolute atomic E-state index is 4.01. The van der Waals surface area contributed by atoms with E-state index in [1.807, 2.05) is 0 Å². The molecule has 0 unspecified atom stereocenters. The molecule has 0 bridgehead atoms. The highest BCUT2D eigenvalue weighted by atomic mass is 14.7. The van der Waals surface area contributed by atoms with Gasteiger partial charge in [0.25, 0.3) is 0 Å². The number of nitrogens with one attached hydrogen (secondary N) is 1. The Bertz CT molecular complexity index is 2810. The van der Waals surface area contributed by atoms with Crippen molar-refractivity contribution in [2.75, 3.05) is 0 Å². The van der Waals surface area contributed by atoms with Crippen molar-refractivity contribution in [1.29, 1.82) is 0 Å². The summed E-state index contributed by atoms with van der Waals surface area (Å²) >= 11 is 0. The summed E-state index contributed by atoms with van der Waals surface area (Å²) in [6.45, 7) is 0. The van der Waals surface area contributed by atoms with E-state index in [2.05, 4.69) is 175 Å². The molecule has 1 nitrogen and oxygen atoms in total. The first kappa shape index (κ1) is 25.9. The number of fused-ring (bicyclic) bond motifs is 22. The van der Waals surface area contributed by atoms with Gasteiger partial charge in [0.1, 0.15) is 0 Å². The van der Waals surface area contributed by atoms with E-state index in [0.29, 0.717) is 0 Å². The molecular formula is C48H29N. The van der Waals surface area contributed by atoms with Gasteiger partial charge in [-0.2, -0.15) is 0 Å². The van der Waals surface area contributed by atoms with E-state index in [4.69, 9.17) is 0 Å². The van der Waals surface area contributed by atoms with Crippen LogP contribution in [-0.2, 0) is 10.8 Å². The van der Waals surface area contributed by atoms with Crippen molar-refractivity contribution >= 4 is 32.6 Å². The molecule has 9 aromatic rings. The third-order valence-corrected chi connectivity index (χ3v) is 12.1. The van der Waals surface area contributed by atoms with Crippen molar-refractivity contribution < 1.29 is 0 Å². The highest BCUT2D eigenvalue weighted by Gasteiger charge is 2.59. The van der Waals surface area contributed by atoms with E-state index in [1.54, 1.807) is 0 Å². The second-order valence-corrected chi connectivity index (χ2v) is 14.0. The highest BCUT2D eigenvalue weighted by molar-refractivity contribution is 6.20. The molecule has 1 N–H and O–H groups in total. The zero-order valence-electron chi connectivity index (χ0n) is 26.7. The zero-order chi connectivity index (χ0) is 31.9. The quantitative estimate of drug-likeness (QED) is 0.174. The van der Waals surface area contributed by atoms with Gasteiger partial charge in [-0.1, -0.05) is 170 Å². The molecule has 1 heterocycles. The molecule has 2 spiro atoms. The van der Waals surface area contributed by atoms with E-state index in [-0.39, 0.29) is 0 Å². The minimum absolute atomic E-state index is 0.423. The lowest BCUT2D eigenvalue weighted by molar-refractivity contribution is 0.633. The molecule has 1 heteroatoms.